The maximum absolute atomic E-state index is 9.02. The van der Waals surface area contributed by atoms with Gasteiger partial charge in [0.15, 0.2) is 0 Å². The normalized spacial score (nSPS) is 30.0. The van der Waals surface area contributed by atoms with Crippen molar-refractivity contribution >= 4 is 17.8 Å². The van der Waals surface area contributed by atoms with Crippen LogP contribution in [0.4, 0.5) is 0 Å². The lowest BCUT2D eigenvalue weighted by molar-refractivity contribution is -0.0210. The predicted molar refractivity (Wildman–Crippen MR) is 40.4 cm³/mol. The molecule has 9 heavy (non-hydrogen) atoms. The van der Waals surface area contributed by atoms with Gasteiger partial charge in [0.25, 0.3) is 0 Å². The van der Waals surface area contributed by atoms with Crippen molar-refractivity contribution in [3.8, 4) is 0 Å². The second-order valence-electron chi connectivity index (χ2n) is 2.17. The van der Waals surface area contributed by atoms with Crippen molar-refractivity contribution in [1.29, 1.82) is 0 Å². The van der Waals surface area contributed by atoms with Gasteiger partial charge in [-0.05, 0) is 25.4 Å². The van der Waals surface area contributed by atoms with Crippen LogP contribution in [0.25, 0.3) is 0 Å². The Kier molecular flexibility index (Phi) is 2.89. The molecule has 0 saturated carbocycles. The second-order valence-corrected chi connectivity index (χ2v) is 3.58. The van der Waals surface area contributed by atoms with E-state index in [2.05, 4.69) is 0 Å². The first-order valence-corrected chi connectivity index (χ1v) is 4.29. The van der Waals surface area contributed by atoms with E-state index in [4.69, 9.17) is 9.76 Å². The summed E-state index contributed by atoms with van der Waals surface area (Å²) in [5.41, 5.74) is 0. The topological polar surface area (TPSA) is 29.5 Å². The minimum atomic E-state index is -0.519. The predicted octanol–water partition coefficient (Wildman–Crippen LogP) is 0.966. The summed E-state index contributed by atoms with van der Waals surface area (Å²) in [6.07, 6.45) is 1.51. The van der Waals surface area contributed by atoms with E-state index in [9.17, 15) is 0 Å². The smallest absolute Gasteiger partial charge is 0.360 e. The maximum atomic E-state index is 9.02. The summed E-state index contributed by atoms with van der Waals surface area (Å²) >= 11 is 1.76. The van der Waals surface area contributed by atoms with Gasteiger partial charge in [-0.2, -0.15) is 11.6 Å². The maximum Gasteiger partial charge on any atom is 0.360 e. The summed E-state index contributed by atoms with van der Waals surface area (Å²) in [7, 11) is 0. The highest BCUT2D eigenvalue weighted by Gasteiger charge is 2.17. The van der Waals surface area contributed by atoms with Gasteiger partial charge in [0.1, 0.15) is 6.29 Å². The standard InChI is InChI=1S/C5H11BO2S/c1-6-8-5(7)3-2-4-9-6/h5,7H,2-4H2,1H3. The molecule has 0 aliphatic carbocycles. The first kappa shape index (κ1) is 7.44. The van der Waals surface area contributed by atoms with Crippen molar-refractivity contribution in [1.82, 2.24) is 0 Å². The van der Waals surface area contributed by atoms with Crippen LogP contribution in [0.15, 0.2) is 0 Å². The van der Waals surface area contributed by atoms with E-state index in [1.165, 1.54) is 0 Å². The van der Waals surface area contributed by atoms with Gasteiger partial charge in [-0.1, -0.05) is 0 Å². The van der Waals surface area contributed by atoms with Crippen LogP contribution >= 0.6 is 11.6 Å². The van der Waals surface area contributed by atoms with Crippen LogP contribution in [0.3, 0.4) is 0 Å². The summed E-state index contributed by atoms with van der Waals surface area (Å²) in [5, 5.41) is 9.02. The Hall–Kier alpha value is 0.335. The van der Waals surface area contributed by atoms with Gasteiger partial charge in [-0.15, -0.1) is 0 Å². The summed E-state index contributed by atoms with van der Waals surface area (Å²) in [6, 6.07) is 0. The summed E-state index contributed by atoms with van der Waals surface area (Å²) in [5.74, 6) is 1.11. The van der Waals surface area contributed by atoms with Crippen LogP contribution in [-0.2, 0) is 4.65 Å². The highest BCUT2D eigenvalue weighted by atomic mass is 32.2. The molecule has 4 heteroatoms. The monoisotopic (exact) mass is 146 g/mol. The Balaban J connectivity index is 2.29. The molecular weight excluding hydrogens is 135 g/mol. The average Bonchev–Trinajstić information content (AvgIpc) is 1.93. The highest BCUT2D eigenvalue weighted by Crippen LogP contribution is 2.18. The molecule has 0 spiro atoms. The molecule has 1 unspecified atom stereocenters. The third-order valence-electron chi connectivity index (χ3n) is 1.30. The SMILES string of the molecule is CB1OC(O)CCCS1. The molecule has 1 saturated heterocycles. The molecule has 52 valence electrons. The van der Waals surface area contributed by atoms with Crippen LogP contribution in [0, 0.1) is 0 Å². The van der Waals surface area contributed by atoms with E-state index in [1.807, 2.05) is 6.82 Å². The molecule has 0 aromatic heterocycles. The number of aliphatic hydroxyl groups is 1. The van der Waals surface area contributed by atoms with E-state index < -0.39 is 6.29 Å². The second kappa shape index (κ2) is 3.49. The molecule has 0 bridgehead atoms. The fraction of sp³-hybridized carbons (Fsp3) is 1.00. The van der Waals surface area contributed by atoms with Crippen LogP contribution in [0.5, 0.6) is 0 Å². The van der Waals surface area contributed by atoms with Crippen molar-refractivity contribution in [3.05, 3.63) is 0 Å². The van der Waals surface area contributed by atoms with Crippen LogP contribution in [-0.4, -0.2) is 23.3 Å². The molecule has 0 amide bonds. The third kappa shape index (κ3) is 2.60. The van der Waals surface area contributed by atoms with E-state index in [1.54, 1.807) is 11.6 Å². The lowest BCUT2D eigenvalue weighted by Gasteiger charge is -2.09. The molecule has 2 nitrogen and oxygen atoms in total. The molecule has 0 radical (unpaired) electrons. The van der Waals surface area contributed by atoms with Crippen LogP contribution < -0.4 is 0 Å². The van der Waals surface area contributed by atoms with Gasteiger partial charge in [-0.3, -0.25) is 0 Å². The van der Waals surface area contributed by atoms with Crippen molar-refractivity contribution in [3.63, 3.8) is 0 Å². The Morgan fingerprint density at radius 1 is 1.78 bits per heavy atom. The molecule has 1 aliphatic rings. The molecule has 1 aliphatic heterocycles. The van der Waals surface area contributed by atoms with E-state index in [0.717, 1.165) is 18.6 Å². The number of hydrogen-bond acceptors (Lipinski definition) is 3. The lowest BCUT2D eigenvalue weighted by atomic mass is 10.1. The van der Waals surface area contributed by atoms with Crippen LogP contribution in [0.1, 0.15) is 12.8 Å². The van der Waals surface area contributed by atoms with Gasteiger partial charge >= 0.3 is 6.19 Å². The molecule has 1 atom stereocenters. The largest absolute Gasteiger partial charge is 0.401 e. The number of rotatable bonds is 0. The van der Waals surface area contributed by atoms with Crippen molar-refractivity contribution < 1.29 is 9.76 Å². The Morgan fingerprint density at radius 2 is 2.56 bits per heavy atom. The molecule has 1 rings (SSSR count). The Morgan fingerprint density at radius 3 is 3.33 bits per heavy atom. The van der Waals surface area contributed by atoms with Gasteiger partial charge in [0.05, 0.1) is 0 Å². The molecular formula is C5H11BO2S. The van der Waals surface area contributed by atoms with Gasteiger partial charge in [0.2, 0.25) is 0 Å². The zero-order valence-corrected chi connectivity index (χ0v) is 6.36. The van der Waals surface area contributed by atoms with Crippen molar-refractivity contribution in [2.45, 2.75) is 26.0 Å². The quantitative estimate of drug-likeness (QED) is 0.516. The zero-order valence-electron chi connectivity index (χ0n) is 5.54. The van der Waals surface area contributed by atoms with Crippen LogP contribution in [0.2, 0.25) is 6.82 Å². The fourth-order valence-corrected chi connectivity index (χ4v) is 1.71. The van der Waals surface area contributed by atoms with E-state index in [0.29, 0.717) is 0 Å². The lowest BCUT2D eigenvalue weighted by Crippen LogP contribution is -2.17. The molecule has 1 fully saturated rings. The third-order valence-corrected chi connectivity index (χ3v) is 2.40. The molecule has 1 heterocycles. The minimum absolute atomic E-state index is 0.169. The summed E-state index contributed by atoms with van der Waals surface area (Å²) in [4.78, 5) is 0. The Bertz CT molecular complexity index is 81.0. The van der Waals surface area contributed by atoms with Gasteiger partial charge in [-0.25, -0.2) is 0 Å². The molecule has 0 aromatic rings. The average molecular weight is 146 g/mol. The number of hydrogen-bond donors (Lipinski definition) is 1. The summed E-state index contributed by atoms with van der Waals surface area (Å²) < 4.78 is 5.13. The van der Waals surface area contributed by atoms with Gasteiger partial charge < -0.3 is 9.76 Å². The first-order chi connectivity index (χ1) is 4.29. The molecule has 0 aromatic carbocycles. The fourth-order valence-electron chi connectivity index (χ4n) is 0.836. The number of aliphatic hydroxyl groups excluding tert-OH is 1. The van der Waals surface area contributed by atoms with E-state index in [-0.39, 0.29) is 6.19 Å². The van der Waals surface area contributed by atoms with Gasteiger partial charge in [0, 0.05) is 0 Å². The van der Waals surface area contributed by atoms with Crippen molar-refractivity contribution in [2.24, 2.45) is 0 Å². The Labute approximate surface area is 60.0 Å². The highest BCUT2D eigenvalue weighted by molar-refractivity contribution is 8.24. The zero-order chi connectivity index (χ0) is 6.69. The summed E-state index contributed by atoms with van der Waals surface area (Å²) in [6.45, 7) is 1.97. The van der Waals surface area contributed by atoms with Crippen molar-refractivity contribution in [2.75, 3.05) is 5.75 Å². The van der Waals surface area contributed by atoms with E-state index >= 15 is 0 Å². The minimum Gasteiger partial charge on any atom is -0.401 e. The first-order valence-electron chi connectivity index (χ1n) is 3.24. The molecule has 1 N–H and O–H groups in total.